The number of carbonyl (C=O) groups excluding carboxylic acids is 1. The van der Waals surface area contributed by atoms with Crippen molar-refractivity contribution in [2.45, 2.75) is 0 Å². The van der Waals surface area contributed by atoms with Crippen molar-refractivity contribution in [3.63, 3.8) is 0 Å². The van der Waals surface area contributed by atoms with Crippen molar-refractivity contribution in [3.05, 3.63) is 46.5 Å². The normalized spacial score (nSPS) is 10.3. The summed E-state index contributed by atoms with van der Waals surface area (Å²) in [5.41, 5.74) is 0.598. The van der Waals surface area contributed by atoms with Crippen molar-refractivity contribution in [2.24, 2.45) is 7.05 Å². The van der Waals surface area contributed by atoms with Crippen LogP contribution in [0.2, 0.25) is 0 Å². The first-order valence-corrected chi connectivity index (χ1v) is 5.12. The van der Waals surface area contributed by atoms with Gasteiger partial charge in [0.1, 0.15) is 6.33 Å². The Morgan fingerprint density at radius 3 is 2.87 bits per heavy atom. The van der Waals surface area contributed by atoms with Gasteiger partial charge in [0.05, 0.1) is 0 Å². The first-order valence-electron chi connectivity index (χ1n) is 4.33. The Bertz CT molecular complexity index is 507. The maximum Gasteiger partial charge on any atom is 0.230 e. The van der Waals surface area contributed by atoms with Crippen LogP contribution in [0.25, 0.3) is 0 Å². The van der Waals surface area contributed by atoms with Gasteiger partial charge in [-0.05, 0) is 12.1 Å². The molecule has 0 fully saturated rings. The molecule has 0 unspecified atom stereocenters. The molecule has 0 atom stereocenters. The lowest BCUT2D eigenvalue weighted by Gasteiger charge is -2.00. The molecule has 5 heteroatoms. The summed E-state index contributed by atoms with van der Waals surface area (Å²) in [5.74, 6) is 0.212. The summed E-state index contributed by atoms with van der Waals surface area (Å²) in [5, 5.41) is 7.44. The first-order chi connectivity index (χ1) is 7.18. The fourth-order valence-corrected chi connectivity index (χ4v) is 1.65. The molecule has 0 amide bonds. The fraction of sp³-hybridized carbons (Fsp3) is 0.100. The van der Waals surface area contributed by atoms with E-state index in [0.29, 0.717) is 11.4 Å². The van der Waals surface area contributed by atoms with Crippen molar-refractivity contribution < 1.29 is 4.79 Å². The van der Waals surface area contributed by atoms with Crippen molar-refractivity contribution in [3.8, 4) is 0 Å². The molecule has 2 rings (SSSR count). The van der Waals surface area contributed by atoms with Gasteiger partial charge < -0.3 is 4.57 Å². The van der Waals surface area contributed by atoms with E-state index in [1.165, 1.54) is 6.33 Å². The predicted octanol–water partition coefficient (Wildman–Crippen LogP) is 1.81. The highest BCUT2D eigenvalue weighted by atomic mass is 79.9. The molecule has 0 N–H and O–H groups in total. The van der Waals surface area contributed by atoms with E-state index in [0.717, 1.165) is 4.47 Å². The van der Waals surface area contributed by atoms with Crippen molar-refractivity contribution >= 4 is 21.7 Å². The summed E-state index contributed by atoms with van der Waals surface area (Å²) in [6, 6.07) is 7.19. The zero-order chi connectivity index (χ0) is 10.8. The van der Waals surface area contributed by atoms with E-state index in [1.54, 1.807) is 23.7 Å². The Morgan fingerprint density at radius 1 is 1.47 bits per heavy atom. The predicted molar refractivity (Wildman–Crippen MR) is 58.6 cm³/mol. The van der Waals surface area contributed by atoms with Gasteiger partial charge in [0, 0.05) is 17.1 Å². The van der Waals surface area contributed by atoms with Gasteiger partial charge in [-0.25, -0.2) is 0 Å². The van der Waals surface area contributed by atoms with Gasteiger partial charge in [-0.1, -0.05) is 28.1 Å². The Labute approximate surface area is 95.1 Å². The van der Waals surface area contributed by atoms with E-state index in [9.17, 15) is 4.79 Å². The molecule has 0 bridgehead atoms. The molecule has 76 valence electrons. The summed E-state index contributed by atoms with van der Waals surface area (Å²) in [4.78, 5) is 11.9. The number of nitrogens with zero attached hydrogens (tertiary/aromatic N) is 3. The second kappa shape index (κ2) is 3.94. The Morgan fingerprint density at radius 2 is 2.27 bits per heavy atom. The average Bonchev–Trinajstić information content (AvgIpc) is 2.63. The van der Waals surface area contributed by atoms with Crippen molar-refractivity contribution in [1.82, 2.24) is 14.8 Å². The van der Waals surface area contributed by atoms with Gasteiger partial charge in [0.2, 0.25) is 11.6 Å². The van der Waals surface area contributed by atoms with Gasteiger partial charge in [0.25, 0.3) is 0 Å². The van der Waals surface area contributed by atoms with Crippen LogP contribution < -0.4 is 0 Å². The number of benzene rings is 1. The third-order valence-electron chi connectivity index (χ3n) is 2.00. The van der Waals surface area contributed by atoms with Crippen LogP contribution in [-0.2, 0) is 7.05 Å². The zero-order valence-electron chi connectivity index (χ0n) is 8.01. The van der Waals surface area contributed by atoms with E-state index in [2.05, 4.69) is 26.1 Å². The smallest absolute Gasteiger partial charge is 0.230 e. The summed E-state index contributed by atoms with van der Waals surface area (Å²) in [6.07, 6.45) is 1.51. The SMILES string of the molecule is Cn1cnnc1C(=O)c1cccc(Br)c1. The molecule has 0 saturated carbocycles. The van der Waals surface area contributed by atoms with E-state index in [1.807, 2.05) is 12.1 Å². The largest absolute Gasteiger partial charge is 0.314 e. The van der Waals surface area contributed by atoms with Crippen LogP contribution >= 0.6 is 15.9 Å². The average molecular weight is 266 g/mol. The number of rotatable bonds is 2. The molecular weight excluding hydrogens is 258 g/mol. The molecule has 1 heterocycles. The van der Waals surface area contributed by atoms with Gasteiger partial charge >= 0.3 is 0 Å². The summed E-state index contributed by atoms with van der Waals surface area (Å²) < 4.78 is 2.47. The van der Waals surface area contributed by atoms with Crippen LogP contribution in [0.1, 0.15) is 16.2 Å². The third-order valence-corrected chi connectivity index (χ3v) is 2.49. The molecule has 0 aliphatic heterocycles. The summed E-state index contributed by atoms with van der Waals surface area (Å²) >= 11 is 3.32. The summed E-state index contributed by atoms with van der Waals surface area (Å²) in [7, 11) is 1.74. The third kappa shape index (κ3) is 1.97. The fourth-order valence-electron chi connectivity index (χ4n) is 1.25. The molecule has 1 aromatic carbocycles. The van der Waals surface area contributed by atoms with Crippen molar-refractivity contribution in [1.29, 1.82) is 0 Å². The quantitative estimate of drug-likeness (QED) is 0.779. The molecule has 15 heavy (non-hydrogen) atoms. The highest BCUT2D eigenvalue weighted by Crippen LogP contribution is 2.14. The van der Waals surface area contributed by atoms with Gasteiger partial charge in [-0.15, -0.1) is 10.2 Å². The molecule has 1 aromatic heterocycles. The number of hydrogen-bond acceptors (Lipinski definition) is 3. The standard InChI is InChI=1S/C10H8BrN3O/c1-14-6-12-13-10(14)9(15)7-3-2-4-8(11)5-7/h2-6H,1H3. The number of halogens is 1. The Hall–Kier alpha value is -1.49. The van der Waals surface area contributed by atoms with Gasteiger partial charge in [-0.2, -0.15) is 0 Å². The molecular formula is C10H8BrN3O. The van der Waals surface area contributed by atoms with E-state index in [-0.39, 0.29) is 5.78 Å². The van der Waals surface area contributed by atoms with Crippen molar-refractivity contribution in [2.75, 3.05) is 0 Å². The maximum absolute atomic E-state index is 11.9. The molecule has 0 spiro atoms. The number of hydrogen-bond donors (Lipinski definition) is 0. The van der Waals surface area contributed by atoms with Crippen LogP contribution in [0.3, 0.4) is 0 Å². The monoisotopic (exact) mass is 265 g/mol. The minimum Gasteiger partial charge on any atom is -0.314 e. The Balaban J connectivity index is 2.41. The molecule has 0 aliphatic carbocycles. The number of ketones is 1. The lowest BCUT2D eigenvalue weighted by Crippen LogP contribution is -2.08. The van der Waals surface area contributed by atoms with Crippen LogP contribution in [0.15, 0.2) is 35.1 Å². The Kier molecular flexibility index (Phi) is 2.64. The van der Waals surface area contributed by atoms with Crippen LogP contribution in [0.5, 0.6) is 0 Å². The maximum atomic E-state index is 11.9. The molecule has 0 aliphatic rings. The first kappa shape index (κ1) is 10.0. The molecule has 0 radical (unpaired) electrons. The molecule has 0 saturated heterocycles. The van der Waals surface area contributed by atoms with Crippen LogP contribution in [-0.4, -0.2) is 20.5 Å². The minimum atomic E-state index is -0.128. The second-order valence-electron chi connectivity index (χ2n) is 3.10. The van der Waals surface area contributed by atoms with Gasteiger partial charge in [0.15, 0.2) is 0 Å². The van der Waals surface area contributed by atoms with Crippen LogP contribution in [0, 0.1) is 0 Å². The highest BCUT2D eigenvalue weighted by molar-refractivity contribution is 9.10. The summed E-state index contributed by atoms with van der Waals surface area (Å²) in [6.45, 7) is 0. The second-order valence-corrected chi connectivity index (χ2v) is 4.02. The number of aromatic nitrogens is 3. The molecule has 2 aromatic rings. The number of aryl methyl sites for hydroxylation is 1. The highest BCUT2D eigenvalue weighted by Gasteiger charge is 2.14. The van der Waals surface area contributed by atoms with E-state index < -0.39 is 0 Å². The zero-order valence-corrected chi connectivity index (χ0v) is 9.60. The topological polar surface area (TPSA) is 47.8 Å². The minimum absolute atomic E-state index is 0.128. The van der Waals surface area contributed by atoms with Gasteiger partial charge in [-0.3, -0.25) is 4.79 Å². The number of carbonyl (C=O) groups is 1. The molecule has 4 nitrogen and oxygen atoms in total. The van der Waals surface area contributed by atoms with Crippen LogP contribution in [0.4, 0.5) is 0 Å². The van der Waals surface area contributed by atoms with E-state index in [4.69, 9.17) is 0 Å². The van der Waals surface area contributed by atoms with E-state index >= 15 is 0 Å². The lowest BCUT2D eigenvalue weighted by atomic mass is 10.1. The lowest BCUT2D eigenvalue weighted by molar-refractivity contribution is 0.102.